The number of aromatic nitrogens is 2. The Labute approximate surface area is 126 Å². The molecular weight excluding hydrogens is 286 g/mol. The zero-order chi connectivity index (χ0) is 14.4. The molecule has 5 heteroatoms. The summed E-state index contributed by atoms with van der Waals surface area (Å²) in [6.07, 6.45) is 0. The van der Waals surface area contributed by atoms with E-state index in [1.807, 2.05) is 36.4 Å². The average Bonchev–Trinajstić information content (AvgIpc) is 2.84. The number of rotatable bonds is 1. The SMILES string of the molecule is O=C1c2ccccc2[CH]N1c1ccc2ccc(Cl)nc2n1. The van der Waals surface area contributed by atoms with Gasteiger partial charge in [0.2, 0.25) is 0 Å². The minimum Gasteiger partial charge on any atom is -0.282 e. The number of pyridine rings is 2. The summed E-state index contributed by atoms with van der Waals surface area (Å²) in [5.74, 6) is 0.456. The molecule has 3 heterocycles. The van der Waals surface area contributed by atoms with E-state index in [1.54, 1.807) is 18.7 Å². The van der Waals surface area contributed by atoms with E-state index in [9.17, 15) is 4.79 Å². The van der Waals surface area contributed by atoms with Crippen molar-refractivity contribution in [2.45, 2.75) is 0 Å². The summed E-state index contributed by atoms with van der Waals surface area (Å²) in [6, 6.07) is 14.7. The number of nitrogens with zero attached hydrogens (tertiary/aromatic N) is 3. The Morgan fingerprint density at radius 2 is 1.76 bits per heavy atom. The van der Waals surface area contributed by atoms with Crippen LogP contribution in [0.25, 0.3) is 11.0 Å². The molecule has 3 aromatic rings. The lowest BCUT2D eigenvalue weighted by Crippen LogP contribution is -2.22. The third-order valence-electron chi connectivity index (χ3n) is 3.43. The first-order chi connectivity index (χ1) is 10.2. The predicted molar refractivity (Wildman–Crippen MR) is 81.2 cm³/mol. The Morgan fingerprint density at radius 3 is 2.62 bits per heavy atom. The summed E-state index contributed by atoms with van der Waals surface area (Å²) in [7, 11) is 0. The molecule has 21 heavy (non-hydrogen) atoms. The van der Waals surface area contributed by atoms with Gasteiger partial charge in [-0.05, 0) is 35.9 Å². The number of carbonyl (C=O) groups excluding carboxylic acids is 1. The summed E-state index contributed by atoms with van der Waals surface area (Å²) in [5.41, 5.74) is 2.10. The molecule has 1 aliphatic heterocycles. The van der Waals surface area contributed by atoms with Crippen LogP contribution in [0.15, 0.2) is 48.5 Å². The Bertz CT molecular complexity index is 878. The summed E-state index contributed by atoms with van der Waals surface area (Å²) >= 11 is 5.89. The van der Waals surface area contributed by atoms with Gasteiger partial charge in [0.05, 0.1) is 6.54 Å². The van der Waals surface area contributed by atoms with Gasteiger partial charge in [0.25, 0.3) is 5.91 Å². The highest BCUT2D eigenvalue weighted by molar-refractivity contribution is 6.29. The van der Waals surface area contributed by atoms with E-state index in [2.05, 4.69) is 9.97 Å². The fraction of sp³-hybridized carbons (Fsp3) is 0. The number of amides is 1. The summed E-state index contributed by atoms with van der Waals surface area (Å²) in [6.45, 7) is 1.79. The third-order valence-corrected chi connectivity index (χ3v) is 3.64. The van der Waals surface area contributed by atoms with Gasteiger partial charge >= 0.3 is 0 Å². The van der Waals surface area contributed by atoms with Crippen LogP contribution in [0.1, 0.15) is 15.9 Å². The van der Waals surface area contributed by atoms with Crippen LogP contribution in [0.2, 0.25) is 5.15 Å². The smallest absolute Gasteiger partial charge is 0.260 e. The molecule has 4 nitrogen and oxygen atoms in total. The van der Waals surface area contributed by atoms with Crippen LogP contribution in [0, 0.1) is 6.54 Å². The molecule has 1 aromatic carbocycles. The Morgan fingerprint density at radius 1 is 0.952 bits per heavy atom. The van der Waals surface area contributed by atoms with E-state index in [4.69, 9.17) is 11.6 Å². The van der Waals surface area contributed by atoms with E-state index in [0.29, 0.717) is 22.2 Å². The van der Waals surface area contributed by atoms with Gasteiger partial charge in [0.15, 0.2) is 5.65 Å². The first-order valence-corrected chi connectivity index (χ1v) is 6.81. The molecule has 0 fully saturated rings. The van der Waals surface area contributed by atoms with Crippen LogP contribution in [0.5, 0.6) is 0 Å². The standard InChI is InChI=1S/C16H9ClN3O/c17-13-7-5-10-6-8-14(19-15(10)18-13)20-9-11-3-1-2-4-12(11)16(20)21/h1-9H. The van der Waals surface area contributed by atoms with Crippen LogP contribution < -0.4 is 4.90 Å². The average molecular weight is 295 g/mol. The fourth-order valence-electron chi connectivity index (χ4n) is 2.40. The van der Waals surface area contributed by atoms with Crippen molar-refractivity contribution in [1.29, 1.82) is 0 Å². The summed E-state index contributed by atoms with van der Waals surface area (Å²) in [4.78, 5) is 22.6. The maximum atomic E-state index is 12.4. The predicted octanol–water partition coefficient (Wildman–Crippen LogP) is 3.45. The number of fused-ring (bicyclic) bond motifs is 2. The monoisotopic (exact) mass is 294 g/mol. The van der Waals surface area contributed by atoms with Crippen molar-refractivity contribution >= 4 is 34.4 Å². The van der Waals surface area contributed by atoms with Crippen molar-refractivity contribution < 1.29 is 4.79 Å². The molecule has 4 rings (SSSR count). The molecule has 1 aliphatic rings. The summed E-state index contributed by atoms with van der Waals surface area (Å²) < 4.78 is 0. The minimum absolute atomic E-state index is 0.0838. The molecule has 0 atom stereocenters. The quantitative estimate of drug-likeness (QED) is 0.646. The van der Waals surface area contributed by atoms with Gasteiger partial charge in [-0.1, -0.05) is 29.8 Å². The largest absolute Gasteiger partial charge is 0.282 e. The molecule has 2 aromatic heterocycles. The van der Waals surface area contributed by atoms with Gasteiger partial charge in [-0.15, -0.1) is 0 Å². The van der Waals surface area contributed by atoms with Crippen molar-refractivity contribution in [2.24, 2.45) is 0 Å². The fourth-order valence-corrected chi connectivity index (χ4v) is 2.55. The summed E-state index contributed by atoms with van der Waals surface area (Å²) in [5, 5.41) is 1.26. The highest BCUT2D eigenvalue weighted by Crippen LogP contribution is 2.29. The maximum Gasteiger partial charge on any atom is 0.260 e. The molecule has 0 saturated carbocycles. The van der Waals surface area contributed by atoms with E-state index in [1.165, 1.54) is 4.90 Å². The van der Waals surface area contributed by atoms with E-state index < -0.39 is 0 Å². The van der Waals surface area contributed by atoms with Crippen LogP contribution in [-0.4, -0.2) is 15.9 Å². The van der Waals surface area contributed by atoms with Gasteiger partial charge < -0.3 is 0 Å². The van der Waals surface area contributed by atoms with Crippen molar-refractivity contribution in [2.75, 3.05) is 4.90 Å². The molecule has 0 saturated heterocycles. The van der Waals surface area contributed by atoms with Gasteiger partial charge in [-0.2, -0.15) is 0 Å². The van der Waals surface area contributed by atoms with Gasteiger partial charge in [0, 0.05) is 10.9 Å². The third kappa shape index (κ3) is 1.96. The van der Waals surface area contributed by atoms with Crippen LogP contribution >= 0.6 is 11.6 Å². The zero-order valence-electron chi connectivity index (χ0n) is 10.8. The number of carbonyl (C=O) groups is 1. The molecular formula is C16H9ClN3O. The molecule has 1 radical (unpaired) electrons. The zero-order valence-corrected chi connectivity index (χ0v) is 11.6. The van der Waals surface area contributed by atoms with Gasteiger partial charge in [-0.3, -0.25) is 9.69 Å². The van der Waals surface area contributed by atoms with Crippen molar-refractivity contribution in [3.8, 4) is 0 Å². The lowest BCUT2D eigenvalue weighted by atomic mass is 10.1. The minimum atomic E-state index is -0.0838. The Hall–Kier alpha value is -2.46. The molecule has 101 valence electrons. The lowest BCUT2D eigenvalue weighted by Gasteiger charge is -2.14. The Balaban J connectivity index is 1.80. The second-order valence-corrected chi connectivity index (χ2v) is 5.13. The normalized spacial score (nSPS) is 13.8. The second kappa shape index (κ2) is 4.53. The van der Waals surface area contributed by atoms with Crippen molar-refractivity contribution in [1.82, 2.24) is 9.97 Å². The second-order valence-electron chi connectivity index (χ2n) is 4.74. The van der Waals surface area contributed by atoms with Crippen LogP contribution in [-0.2, 0) is 0 Å². The Kier molecular flexibility index (Phi) is 2.65. The van der Waals surface area contributed by atoms with E-state index in [0.717, 1.165) is 10.9 Å². The van der Waals surface area contributed by atoms with Crippen LogP contribution in [0.4, 0.5) is 5.82 Å². The number of hydrogen-bond donors (Lipinski definition) is 0. The molecule has 0 unspecified atom stereocenters. The van der Waals surface area contributed by atoms with Crippen molar-refractivity contribution in [3.05, 3.63) is 71.4 Å². The molecule has 1 amide bonds. The lowest BCUT2D eigenvalue weighted by molar-refractivity contribution is 0.100. The molecule has 0 N–H and O–H groups in total. The maximum absolute atomic E-state index is 12.4. The highest BCUT2D eigenvalue weighted by Gasteiger charge is 2.29. The molecule has 0 spiro atoms. The van der Waals surface area contributed by atoms with E-state index >= 15 is 0 Å². The van der Waals surface area contributed by atoms with Gasteiger partial charge in [-0.25, -0.2) is 9.97 Å². The van der Waals surface area contributed by atoms with Gasteiger partial charge in [0.1, 0.15) is 11.0 Å². The first-order valence-electron chi connectivity index (χ1n) is 6.43. The molecule has 0 bridgehead atoms. The number of halogens is 1. The molecule has 0 aliphatic carbocycles. The van der Waals surface area contributed by atoms with E-state index in [-0.39, 0.29) is 5.91 Å². The number of anilines is 1. The highest BCUT2D eigenvalue weighted by atomic mass is 35.5. The van der Waals surface area contributed by atoms with Crippen molar-refractivity contribution in [3.63, 3.8) is 0 Å². The van der Waals surface area contributed by atoms with Crippen LogP contribution in [0.3, 0.4) is 0 Å². The number of hydrogen-bond acceptors (Lipinski definition) is 3. The number of benzene rings is 1. The topological polar surface area (TPSA) is 46.1 Å². The first kappa shape index (κ1) is 12.3.